The van der Waals surface area contributed by atoms with Gasteiger partial charge >= 0.3 is 0 Å². The Morgan fingerprint density at radius 3 is 2.95 bits per heavy atom. The van der Waals surface area contributed by atoms with Crippen LogP contribution in [-0.4, -0.2) is 15.1 Å². The van der Waals surface area contributed by atoms with Gasteiger partial charge in [0.05, 0.1) is 4.92 Å². The van der Waals surface area contributed by atoms with E-state index in [1.165, 1.54) is 17.8 Å². The lowest BCUT2D eigenvalue weighted by Gasteiger charge is -2.08. The molecule has 3 rings (SSSR count). The van der Waals surface area contributed by atoms with Crippen molar-refractivity contribution < 1.29 is 9.34 Å². The van der Waals surface area contributed by atoms with E-state index in [4.69, 9.17) is 4.42 Å². The van der Waals surface area contributed by atoms with Crippen molar-refractivity contribution in [3.63, 3.8) is 0 Å². The number of hydrogen-bond acceptors (Lipinski definition) is 6. The summed E-state index contributed by atoms with van der Waals surface area (Å²) in [4.78, 5) is 10.4. The lowest BCUT2D eigenvalue weighted by atomic mass is 10.1. The maximum atomic E-state index is 10.8. The van der Waals surface area contributed by atoms with E-state index < -0.39 is 4.92 Å². The monoisotopic (exact) mass is 291 g/mol. The molecule has 7 heteroatoms. The molecular formula is C13H13N3O3S. The van der Waals surface area contributed by atoms with E-state index in [0.717, 1.165) is 18.4 Å². The number of nitro groups is 1. The molecule has 2 aromatic rings. The van der Waals surface area contributed by atoms with Crippen molar-refractivity contribution in [2.75, 3.05) is 0 Å². The molecule has 104 valence electrons. The molecule has 1 atom stereocenters. The Hall–Kier alpha value is -1.89. The molecule has 0 aliphatic heterocycles. The first-order valence-electron chi connectivity index (χ1n) is 6.38. The minimum Gasteiger partial charge on any atom is -0.416 e. The highest BCUT2D eigenvalue weighted by Gasteiger charge is 2.29. The van der Waals surface area contributed by atoms with Gasteiger partial charge in [0.15, 0.2) is 0 Å². The lowest BCUT2D eigenvalue weighted by Crippen LogP contribution is -1.92. The summed E-state index contributed by atoms with van der Waals surface area (Å²) < 4.78 is 5.58. The minimum absolute atomic E-state index is 0.0161. The zero-order chi connectivity index (χ0) is 14.1. The third-order valence-corrected chi connectivity index (χ3v) is 4.17. The van der Waals surface area contributed by atoms with Crippen molar-refractivity contribution in [3.05, 3.63) is 45.8 Å². The van der Waals surface area contributed by atoms with Crippen LogP contribution in [0.15, 0.2) is 33.9 Å². The molecule has 0 N–H and O–H groups in total. The topological polar surface area (TPSA) is 82.1 Å². The smallest absolute Gasteiger partial charge is 0.277 e. The lowest BCUT2D eigenvalue weighted by molar-refractivity contribution is -0.384. The Balaban J connectivity index is 1.72. The summed E-state index contributed by atoms with van der Waals surface area (Å²) in [5.41, 5.74) is 0.967. The van der Waals surface area contributed by atoms with E-state index in [-0.39, 0.29) is 10.9 Å². The van der Waals surface area contributed by atoms with Gasteiger partial charge in [-0.1, -0.05) is 23.9 Å². The molecule has 1 aromatic heterocycles. The summed E-state index contributed by atoms with van der Waals surface area (Å²) in [6.45, 7) is 1.96. The summed E-state index contributed by atoms with van der Waals surface area (Å²) in [7, 11) is 0. The van der Waals surface area contributed by atoms with Gasteiger partial charge < -0.3 is 4.42 Å². The van der Waals surface area contributed by atoms with Crippen LogP contribution in [0, 0.1) is 10.1 Å². The fourth-order valence-electron chi connectivity index (χ4n) is 1.87. The number of hydrogen-bond donors (Lipinski definition) is 0. The number of aromatic nitrogens is 2. The van der Waals surface area contributed by atoms with Crippen LogP contribution >= 0.6 is 11.8 Å². The number of rotatable bonds is 5. The number of nitrogens with zero attached hydrogens (tertiary/aromatic N) is 3. The fraction of sp³-hybridized carbons (Fsp3) is 0.385. The zero-order valence-electron chi connectivity index (χ0n) is 10.9. The highest BCUT2D eigenvalue weighted by Crippen LogP contribution is 2.41. The second-order valence-corrected chi connectivity index (χ2v) is 6.08. The van der Waals surface area contributed by atoms with Gasteiger partial charge in [-0.05, 0) is 25.3 Å². The van der Waals surface area contributed by atoms with Crippen LogP contribution in [0.2, 0.25) is 0 Å². The van der Waals surface area contributed by atoms with E-state index in [1.54, 1.807) is 12.1 Å². The average molecular weight is 291 g/mol. The summed E-state index contributed by atoms with van der Waals surface area (Å²) in [6.07, 6.45) is 2.24. The normalized spacial score (nSPS) is 16.1. The summed E-state index contributed by atoms with van der Waals surface area (Å²) in [5.74, 6) is 1.14. The van der Waals surface area contributed by atoms with Crippen LogP contribution in [-0.2, 0) is 0 Å². The molecule has 1 heterocycles. The van der Waals surface area contributed by atoms with E-state index in [2.05, 4.69) is 10.2 Å². The van der Waals surface area contributed by atoms with Crippen LogP contribution < -0.4 is 0 Å². The SMILES string of the molecule is C[C@H](Sc1nnc(C2CC2)o1)c1cccc([N+](=O)[O-])c1. The zero-order valence-corrected chi connectivity index (χ0v) is 11.7. The first kappa shape index (κ1) is 13.1. The number of benzene rings is 1. The third-order valence-electron chi connectivity index (χ3n) is 3.18. The molecule has 0 radical (unpaired) electrons. The van der Waals surface area contributed by atoms with Gasteiger partial charge in [0, 0.05) is 23.3 Å². The maximum Gasteiger partial charge on any atom is 0.277 e. The second-order valence-electron chi connectivity index (χ2n) is 4.79. The molecule has 1 aliphatic carbocycles. The van der Waals surface area contributed by atoms with Crippen LogP contribution in [0.5, 0.6) is 0 Å². The summed E-state index contributed by atoms with van der Waals surface area (Å²) in [6, 6.07) is 6.62. The van der Waals surface area contributed by atoms with Gasteiger partial charge in [0.1, 0.15) is 0 Å². The Morgan fingerprint density at radius 2 is 2.25 bits per heavy atom. The number of nitro benzene ring substituents is 1. The van der Waals surface area contributed by atoms with Gasteiger partial charge in [0.2, 0.25) is 5.89 Å². The minimum atomic E-state index is -0.390. The van der Waals surface area contributed by atoms with Crippen LogP contribution in [0.25, 0.3) is 0 Å². The average Bonchev–Trinajstić information content (AvgIpc) is 3.20. The van der Waals surface area contributed by atoms with Crippen molar-refractivity contribution in [3.8, 4) is 0 Å². The Labute approximate surface area is 119 Å². The molecular weight excluding hydrogens is 278 g/mol. The van der Waals surface area contributed by atoms with Crippen molar-refractivity contribution >= 4 is 17.4 Å². The molecule has 0 bridgehead atoms. The summed E-state index contributed by atoms with van der Waals surface area (Å²) in [5, 5.41) is 19.4. The predicted octanol–water partition coefficient (Wildman–Crippen LogP) is 3.71. The highest BCUT2D eigenvalue weighted by atomic mass is 32.2. The molecule has 1 fully saturated rings. The van der Waals surface area contributed by atoms with Crippen LogP contribution in [0.4, 0.5) is 5.69 Å². The van der Waals surface area contributed by atoms with Crippen molar-refractivity contribution in [1.82, 2.24) is 10.2 Å². The first-order chi connectivity index (χ1) is 9.63. The largest absolute Gasteiger partial charge is 0.416 e. The maximum absolute atomic E-state index is 10.8. The van der Waals surface area contributed by atoms with E-state index in [0.29, 0.717) is 17.0 Å². The molecule has 0 amide bonds. The molecule has 0 saturated heterocycles. The second kappa shape index (κ2) is 5.24. The quantitative estimate of drug-likeness (QED) is 0.474. The fourth-order valence-corrected chi connectivity index (χ4v) is 2.68. The van der Waals surface area contributed by atoms with Gasteiger partial charge in [-0.25, -0.2) is 0 Å². The van der Waals surface area contributed by atoms with E-state index in [1.807, 2.05) is 13.0 Å². The number of thioether (sulfide) groups is 1. The third kappa shape index (κ3) is 2.82. The van der Waals surface area contributed by atoms with Gasteiger partial charge in [0.25, 0.3) is 10.9 Å². The molecule has 1 aliphatic rings. The predicted molar refractivity (Wildman–Crippen MR) is 73.6 cm³/mol. The molecule has 0 spiro atoms. The van der Waals surface area contributed by atoms with Gasteiger partial charge in [-0.3, -0.25) is 10.1 Å². The van der Waals surface area contributed by atoms with Crippen molar-refractivity contribution in [2.45, 2.75) is 36.2 Å². The summed E-state index contributed by atoms with van der Waals surface area (Å²) >= 11 is 1.42. The van der Waals surface area contributed by atoms with Crippen molar-refractivity contribution in [1.29, 1.82) is 0 Å². The van der Waals surface area contributed by atoms with Gasteiger partial charge in [-0.2, -0.15) is 0 Å². The molecule has 20 heavy (non-hydrogen) atoms. The Morgan fingerprint density at radius 1 is 1.45 bits per heavy atom. The standard InChI is InChI=1S/C13H13N3O3S/c1-8(10-3-2-4-11(7-10)16(17)18)20-13-15-14-12(19-13)9-5-6-9/h2-4,7-9H,5-6H2,1H3/t8-/m0/s1. The van der Waals surface area contributed by atoms with E-state index in [9.17, 15) is 10.1 Å². The Kier molecular flexibility index (Phi) is 3.43. The molecule has 6 nitrogen and oxygen atoms in total. The highest BCUT2D eigenvalue weighted by molar-refractivity contribution is 7.99. The van der Waals surface area contributed by atoms with E-state index >= 15 is 0 Å². The molecule has 1 aromatic carbocycles. The number of non-ortho nitro benzene ring substituents is 1. The molecule has 1 saturated carbocycles. The van der Waals surface area contributed by atoms with Crippen molar-refractivity contribution in [2.24, 2.45) is 0 Å². The van der Waals surface area contributed by atoms with Crippen LogP contribution in [0.3, 0.4) is 0 Å². The van der Waals surface area contributed by atoms with Gasteiger partial charge in [-0.15, -0.1) is 10.2 Å². The van der Waals surface area contributed by atoms with Crippen LogP contribution in [0.1, 0.15) is 42.4 Å². The molecule has 0 unspecified atom stereocenters. The Bertz CT molecular complexity index is 639. The first-order valence-corrected chi connectivity index (χ1v) is 7.26.